The lowest BCUT2D eigenvalue weighted by molar-refractivity contribution is 0.104. The predicted molar refractivity (Wildman–Crippen MR) is 91.3 cm³/mol. The number of ketones is 1. The highest BCUT2D eigenvalue weighted by molar-refractivity contribution is 9.10. The van der Waals surface area contributed by atoms with Gasteiger partial charge in [-0.3, -0.25) is 4.79 Å². The summed E-state index contributed by atoms with van der Waals surface area (Å²) < 4.78 is 11.4. The Hall–Kier alpha value is -1.91. The van der Waals surface area contributed by atoms with Crippen LogP contribution in [-0.2, 0) is 4.74 Å². The van der Waals surface area contributed by atoms with Gasteiger partial charge in [0.05, 0.1) is 6.61 Å². The van der Waals surface area contributed by atoms with Crippen molar-refractivity contribution in [1.29, 1.82) is 0 Å². The molecule has 0 amide bonds. The van der Waals surface area contributed by atoms with Crippen LogP contribution in [0, 0.1) is 0 Å². The topological polar surface area (TPSA) is 35.5 Å². The lowest BCUT2D eigenvalue weighted by atomic mass is 10.1. The monoisotopic (exact) mass is 360 g/mol. The lowest BCUT2D eigenvalue weighted by Crippen LogP contribution is -2.04. The zero-order valence-corrected chi connectivity index (χ0v) is 13.9. The van der Waals surface area contributed by atoms with Gasteiger partial charge >= 0.3 is 0 Å². The third-order valence-corrected chi connectivity index (χ3v) is 3.44. The number of methoxy groups -OCH3 is 1. The Bertz CT molecular complexity index is 665. The Labute approximate surface area is 138 Å². The van der Waals surface area contributed by atoms with Gasteiger partial charge in [-0.2, -0.15) is 0 Å². The van der Waals surface area contributed by atoms with E-state index in [2.05, 4.69) is 15.9 Å². The van der Waals surface area contributed by atoms with Crippen LogP contribution in [0.25, 0.3) is 6.08 Å². The normalized spacial score (nSPS) is 10.8. The number of allylic oxidation sites excluding steroid dienone is 1. The number of halogens is 1. The first-order chi connectivity index (χ1) is 10.7. The Morgan fingerprint density at radius 1 is 1.14 bits per heavy atom. The number of ether oxygens (including phenoxy) is 2. The van der Waals surface area contributed by atoms with Gasteiger partial charge in [0.2, 0.25) is 0 Å². The van der Waals surface area contributed by atoms with E-state index in [4.69, 9.17) is 9.47 Å². The first kappa shape index (κ1) is 16.5. The van der Waals surface area contributed by atoms with Crippen LogP contribution >= 0.6 is 15.9 Å². The van der Waals surface area contributed by atoms with Crippen molar-refractivity contribution in [3.63, 3.8) is 0 Å². The van der Waals surface area contributed by atoms with Gasteiger partial charge in [-0.1, -0.05) is 46.3 Å². The molecule has 3 nitrogen and oxygen atoms in total. The van der Waals surface area contributed by atoms with Crippen molar-refractivity contribution in [3.05, 3.63) is 70.2 Å². The molecule has 0 heterocycles. The molecule has 2 aromatic carbocycles. The smallest absolute Gasteiger partial charge is 0.185 e. The van der Waals surface area contributed by atoms with Gasteiger partial charge in [0, 0.05) is 17.1 Å². The second-order valence-electron chi connectivity index (χ2n) is 4.62. The first-order valence-corrected chi connectivity index (χ1v) is 7.68. The van der Waals surface area contributed by atoms with Crippen LogP contribution < -0.4 is 4.74 Å². The average Bonchev–Trinajstić information content (AvgIpc) is 2.53. The maximum Gasteiger partial charge on any atom is 0.185 e. The fourth-order valence-corrected chi connectivity index (χ4v) is 2.26. The molecular formula is C18H17BrO3. The van der Waals surface area contributed by atoms with Crippen molar-refractivity contribution in [2.24, 2.45) is 0 Å². The molecule has 0 aromatic heterocycles. The highest BCUT2D eigenvalue weighted by Crippen LogP contribution is 2.16. The summed E-state index contributed by atoms with van der Waals surface area (Å²) in [7, 11) is 1.63. The van der Waals surface area contributed by atoms with E-state index in [1.165, 1.54) is 0 Å². The van der Waals surface area contributed by atoms with Gasteiger partial charge in [0.1, 0.15) is 12.4 Å². The molecule has 0 aliphatic carbocycles. The van der Waals surface area contributed by atoms with Crippen molar-refractivity contribution >= 4 is 27.8 Å². The maximum atomic E-state index is 12.1. The van der Waals surface area contributed by atoms with E-state index in [-0.39, 0.29) is 5.78 Å². The summed E-state index contributed by atoms with van der Waals surface area (Å²) in [5.41, 5.74) is 1.57. The van der Waals surface area contributed by atoms with E-state index >= 15 is 0 Å². The van der Waals surface area contributed by atoms with E-state index in [9.17, 15) is 4.79 Å². The second-order valence-corrected chi connectivity index (χ2v) is 5.54. The minimum absolute atomic E-state index is 0.0352. The predicted octanol–water partition coefficient (Wildman–Crippen LogP) is 4.37. The largest absolute Gasteiger partial charge is 0.491 e. The minimum atomic E-state index is -0.0352. The van der Waals surface area contributed by atoms with E-state index < -0.39 is 0 Å². The molecule has 2 rings (SSSR count). The number of hydrogen-bond acceptors (Lipinski definition) is 3. The summed E-state index contributed by atoms with van der Waals surface area (Å²) in [6, 6.07) is 14.9. The third-order valence-electron chi connectivity index (χ3n) is 2.95. The van der Waals surface area contributed by atoms with E-state index in [1.54, 1.807) is 31.4 Å². The lowest BCUT2D eigenvalue weighted by Gasteiger charge is -2.05. The van der Waals surface area contributed by atoms with Gasteiger partial charge < -0.3 is 9.47 Å². The van der Waals surface area contributed by atoms with Gasteiger partial charge in [-0.15, -0.1) is 0 Å². The molecule has 0 spiro atoms. The van der Waals surface area contributed by atoms with E-state index in [0.29, 0.717) is 18.8 Å². The highest BCUT2D eigenvalue weighted by Gasteiger charge is 2.02. The maximum absolute atomic E-state index is 12.1. The molecule has 0 bridgehead atoms. The Balaban J connectivity index is 2.03. The molecule has 114 valence electrons. The van der Waals surface area contributed by atoms with Crippen LogP contribution in [-0.4, -0.2) is 26.1 Å². The molecule has 0 N–H and O–H groups in total. The van der Waals surface area contributed by atoms with Crippen LogP contribution in [0.3, 0.4) is 0 Å². The van der Waals surface area contributed by atoms with E-state index in [1.807, 2.05) is 36.4 Å². The van der Waals surface area contributed by atoms with Crippen LogP contribution in [0.4, 0.5) is 0 Å². The molecule has 0 saturated heterocycles. The summed E-state index contributed by atoms with van der Waals surface area (Å²) in [5, 5.41) is 0. The molecule has 0 aliphatic rings. The number of benzene rings is 2. The molecule has 4 heteroatoms. The quantitative estimate of drug-likeness (QED) is 0.417. The van der Waals surface area contributed by atoms with Gasteiger partial charge in [0.15, 0.2) is 5.78 Å². The van der Waals surface area contributed by atoms with Crippen LogP contribution in [0.1, 0.15) is 15.9 Å². The van der Waals surface area contributed by atoms with Crippen LogP contribution in [0.2, 0.25) is 0 Å². The number of carbonyl (C=O) groups excluding carboxylic acids is 1. The summed E-state index contributed by atoms with van der Waals surface area (Å²) in [5.74, 6) is 0.723. The average molecular weight is 361 g/mol. The van der Waals surface area contributed by atoms with Gasteiger partial charge in [-0.25, -0.2) is 0 Å². The zero-order chi connectivity index (χ0) is 15.8. The molecule has 0 atom stereocenters. The van der Waals surface area contributed by atoms with Crippen LogP contribution in [0.5, 0.6) is 5.75 Å². The Morgan fingerprint density at radius 3 is 2.73 bits per heavy atom. The highest BCUT2D eigenvalue weighted by atomic mass is 79.9. The standard InChI is InChI=1S/C18H17BrO3/c1-21-10-11-22-17-7-2-4-14(12-17)8-9-18(20)15-5-3-6-16(19)13-15/h2-9,12-13H,10-11H2,1H3/b9-8+. The molecule has 0 fully saturated rings. The number of rotatable bonds is 7. The summed E-state index contributed by atoms with van der Waals surface area (Å²) in [6.07, 6.45) is 3.35. The fraction of sp³-hybridized carbons (Fsp3) is 0.167. The molecule has 0 unspecified atom stereocenters. The van der Waals surface area contributed by atoms with Gasteiger partial charge in [0.25, 0.3) is 0 Å². The molecule has 0 aliphatic heterocycles. The minimum Gasteiger partial charge on any atom is -0.491 e. The number of hydrogen-bond donors (Lipinski definition) is 0. The van der Waals surface area contributed by atoms with E-state index in [0.717, 1.165) is 15.8 Å². The van der Waals surface area contributed by atoms with Crippen LogP contribution in [0.15, 0.2) is 59.1 Å². The molecule has 2 aromatic rings. The first-order valence-electron chi connectivity index (χ1n) is 6.89. The SMILES string of the molecule is COCCOc1cccc(/C=C/C(=O)c2cccc(Br)c2)c1. The molecular weight excluding hydrogens is 344 g/mol. The third kappa shape index (κ3) is 5.13. The Morgan fingerprint density at radius 2 is 1.95 bits per heavy atom. The van der Waals surface area contributed by atoms with Crippen molar-refractivity contribution in [3.8, 4) is 5.75 Å². The molecule has 0 saturated carbocycles. The van der Waals surface area contributed by atoms with Crippen molar-refractivity contribution in [1.82, 2.24) is 0 Å². The summed E-state index contributed by atoms with van der Waals surface area (Å²) >= 11 is 3.36. The second kappa shape index (κ2) is 8.51. The van der Waals surface area contributed by atoms with Crippen molar-refractivity contribution in [2.75, 3.05) is 20.3 Å². The number of carbonyl (C=O) groups is 1. The van der Waals surface area contributed by atoms with Crippen molar-refractivity contribution in [2.45, 2.75) is 0 Å². The Kier molecular flexibility index (Phi) is 6.37. The molecule has 0 radical (unpaired) electrons. The summed E-state index contributed by atoms with van der Waals surface area (Å²) in [6.45, 7) is 1.04. The van der Waals surface area contributed by atoms with Crippen molar-refractivity contribution < 1.29 is 14.3 Å². The van der Waals surface area contributed by atoms with Gasteiger partial charge in [-0.05, 0) is 35.9 Å². The molecule has 22 heavy (non-hydrogen) atoms. The summed E-state index contributed by atoms with van der Waals surface area (Å²) in [4.78, 5) is 12.1. The zero-order valence-electron chi connectivity index (χ0n) is 12.3. The fourth-order valence-electron chi connectivity index (χ4n) is 1.86.